The Morgan fingerprint density at radius 3 is 1.85 bits per heavy atom. The summed E-state index contributed by atoms with van der Waals surface area (Å²) in [6.07, 6.45) is 0. The van der Waals surface area contributed by atoms with Crippen molar-refractivity contribution in [3.63, 3.8) is 0 Å². The molecule has 0 saturated carbocycles. The van der Waals surface area contributed by atoms with Crippen LogP contribution in [0.15, 0.2) is 11.4 Å². The van der Waals surface area contributed by atoms with Crippen molar-refractivity contribution in [2.75, 3.05) is 0 Å². The SMILES string of the molecule is CC(C)(O)c1csc(C(C)(C)O)c1. The van der Waals surface area contributed by atoms with Crippen molar-refractivity contribution in [2.24, 2.45) is 0 Å². The highest BCUT2D eigenvalue weighted by Gasteiger charge is 2.23. The highest BCUT2D eigenvalue weighted by Crippen LogP contribution is 2.31. The van der Waals surface area contributed by atoms with Crippen LogP contribution in [0.2, 0.25) is 0 Å². The largest absolute Gasteiger partial charge is 0.386 e. The standard InChI is InChI=1S/C10H16O2S/c1-9(2,11)7-5-8(13-6-7)10(3,4)12/h5-6,11-12H,1-4H3. The van der Waals surface area contributed by atoms with E-state index in [9.17, 15) is 10.2 Å². The Hall–Kier alpha value is -0.380. The Balaban J connectivity index is 3.01. The third-order valence-corrected chi connectivity index (χ3v) is 3.15. The zero-order chi connectivity index (χ0) is 10.3. The summed E-state index contributed by atoms with van der Waals surface area (Å²) in [4.78, 5) is 0.879. The van der Waals surface area contributed by atoms with Crippen LogP contribution in [0.4, 0.5) is 0 Å². The molecule has 0 radical (unpaired) electrons. The Morgan fingerprint density at radius 2 is 1.62 bits per heavy atom. The maximum atomic E-state index is 9.70. The van der Waals surface area contributed by atoms with Gasteiger partial charge in [-0.1, -0.05) is 0 Å². The van der Waals surface area contributed by atoms with Crippen LogP contribution in [0.3, 0.4) is 0 Å². The third-order valence-electron chi connectivity index (χ3n) is 1.91. The molecular formula is C10H16O2S. The van der Waals surface area contributed by atoms with Crippen LogP contribution in [-0.2, 0) is 11.2 Å². The van der Waals surface area contributed by atoms with Gasteiger partial charge in [0, 0.05) is 4.88 Å². The second-order valence-electron chi connectivity index (χ2n) is 4.32. The molecule has 0 unspecified atom stereocenters. The van der Waals surface area contributed by atoms with Gasteiger partial charge in [0.2, 0.25) is 0 Å². The maximum absolute atomic E-state index is 9.70. The van der Waals surface area contributed by atoms with Crippen molar-refractivity contribution in [3.8, 4) is 0 Å². The minimum absolute atomic E-state index is 0.811. The quantitative estimate of drug-likeness (QED) is 0.768. The zero-order valence-electron chi connectivity index (χ0n) is 8.46. The van der Waals surface area contributed by atoms with Gasteiger partial charge in [-0.25, -0.2) is 0 Å². The average Bonchev–Trinajstić information content (AvgIpc) is 2.28. The van der Waals surface area contributed by atoms with E-state index in [-0.39, 0.29) is 0 Å². The number of hydrogen-bond acceptors (Lipinski definition) is 3. The molecule has 2 nitrogen and oxygen atoms in total. The van der Waals surface area contributed by atoms with Gasteiger partial charge in [0.15, 0.2) is 0 Å². The van der Waals surface area contributed by atoms with Gasteiger partial charge in [-0.15, -0.1) is 11.3 Å². The van der Waals surface area contributed by atoms with E-state index in [2.05, 4.69) is 0 Å². The summed E-state index contributed by atoms with van der Waals surface area (Å²) in [7, 11) is 0. The summed E-state index contributed by atoms with van der Waals surface area (Å²) >= 11 is 1.47. The van der Waals surface area contributed by atoms with Gasteiger partial charge < -0.3 is 10.2 Å². The van der Waals surface area contributed by atoms with E-state index in [1.165, 1.54) is 11.3 Å². The summed E-state index contributed by atoms with van der Waals surface area (Å²) in [5, 5.41) is 21.3. The summed E-state index contributed by atoms with van der Waals surface area (Å²) in [5.74, 6) is 0. The second kappa shape index (κ2) is 3.08. The van der Waals surface area contributed by atoms with Crippen LogP contribution in [0, 0.1) is 0 Å². The molecule has 1 rings (SSSR count). The van der Waals surface area contributed by atoms with Crippen molar-refractivity contribution in [1.82, 2.24) is 0 Å². The predicted octanol–water partition coefficient (Wildman–Crippen LogP) is 2.20. The van der Waals surface area contributed by atoms with Crippen LogP contribution in [0.5, 0.6) is 0 Å². The molecule has 74 valence electrons. The Kier molecular flexibility index (Phi) is 2.54. The predicted molar refractivity (Wildman–Crippen MR) is 54.8 cm³/mol. The summed E-state index contributed by atoms with van der Waals surface area (Å²) in [5.41, 5.74) is -0.775. The minimum Gasteiger partial charge on any atom is -0.386 e. The molecule has 0 aromatic carbocycles. The first-order valence-electron chi connectivity index (χ1n) is 4.25. The molecular weight excluding hydrogens is 184 g/mol. The molecule has 0 amide bonds. The van der Waals surface area contributed by atoms with Crippen molar-refractivity contribution in [1.29, 1.82) is 0 Å². The molecule has 0 aliphatic heterocycles. The van der Waals surface area contributed by atoms with E-state index >= 15 is 0 Å². The summed E-state index contributed by atoms with van der Waals surface area (Å²) in [6, 6.07) is 1.85. The summed E-state index contributed by atoms with van der Waals surface area (Å²) in [6.45, 7) is 6.96. The van der Waals surface area contributed by atoms with E-state index in [1.807, 2.05) is 11.4 Å². The maximum Gasteiger partial charge on any atom is 0.0932 e. The van der Waals surface area contributed by atoms with Crippen LogP contribution in [0.1, 0.15) is 38.1 Å². The number of thiophene rings is 1. The molecule has 0 spiro atoms. The van der Waals surface area contributed by atoms with Crippen molar-refractivity contribution in [3.05, 3.63) is 21.9 Å². The lowest BCUT2D eigenvalue weighted by atomic mass is 9.99. The molecule has 0 aliphatic carbocycles. The first-order chi connectivity index (χ1) is 5.71. The molecule has 0 bridgehead atoms. The van der Waals surface area contributed by atoms with Crippen LogP contribution in [-0.4, -0.2) is 10.2 Å². The molecule has 3 heteroatoms. The smallest absolute Gasteiger partial charge is 0.0932 e. The number of hydrogen-bond donors (Lipinski definition) is 2. The normalized spacial score (nSPS) is 13.4. The van der Waals surface area contributed by atoms with Gasteiger partial charge in [-0.05, 0) is 44.7 Å². The highest BCUT2D eigenvalue weighted by molar-refractivity contribution is 7.10. The molecule has 0 atom stereocenters. The molecule has 1 aromatic heterocycles. The van der Waals surface area contributed by atoms with Gasteiger partial charge in [0.25, 0.3) is 0 Å². The van der Waals surface area contributed by atoms with Gasteiger partial charge in [-0.2, -0.15) is 0 Å². The Bertz CT molecular complexity index is 260. The third kappa shape index (κ3) is 2.53. The highest BCUT2D eigenvalue weighted by atomic mass is 32.1. The van der Waals surface area contributed by atoms with Gasteiger partial charge in [0.1, 0.15) is 0 Å². The molecule has 1 heterocycles. The lowest BCUT2D eigenvalue weighted by molar-refractivity contribution is 0.0753. The Labute approximate surface area is 82.8 Å². The second-order valence-corrected chi connectivity index (χ2v) is 5.23. The van der Waals surface area contributed by atoms with E-state index in [0.29, 0.717) is 0 Å². The molecule has 0 aliphatic rings. The first-order valence-corrected chi connectivity index (χ1v) is 5.13. The van der Waals surface area contributed by atoms with E-state index in [1.54, 1.807) is 27.7 Å². The summed E-state index contributed by atoms with van der Waals surface area (Å²) < 4.78 is 0. The molecule has 2 N–H and O–H groups in total. The fourth-order valence-corrected chi connectivity index (χ4v) is 2.07. The number of aliphatic hydroxyl groups is 2. The van der Waals surface area contributed by atoms with Crippen molar-refractivity contribution in [2.45, 2.75) is 38.9 Å². The topological polar surface area (TPSA) is 40.5 Å². The fourth-order valence-electron chi connectivity index (χ4n) is 0.978. The minimum atomic E-state index is -0.819. The lowest BCUT2D eigenvalue weighted by Crippen LogP contribution is -2.16. The first kappa shape index (κ1) is 10.7. The monoisotopic (exact) mass is 200 g/mol. The van der Waals surface area contributed by atoms with Crippen LogP contribution >= 0.6 is 11.3 Å². The van der Waals surface area contributed by atoms with Gasteiger partial charge in [-0.3, -0.25) is 0 Å². The van der Waals surface area contributed by atoms with Crippen molar-refractivity contribution < 1.29 is 10.2 Å². The van der Waals surface area contributed by atoms with E-state index in [4.69, 9.17) is 0 Å². The Morgan fingerprint density at radius 1 is 1.08 bits per heavy atom. The van der Waals surface area contributed by atoms with E-state index < -0.39 is 11.2 Å². The average molecular weight is 200 g/mol. The molecule has 0 fully saturated rings. The van der Waals surface area contributed by atoms with Gasteiger partial charge in [0.05, 0.1) is 11.2 Å². The lowest BCUT2D eigenvalue weighted by Gasteiger charge is -2.16. The van der Waals surface area contributed by atoms with Crippen LogP contribution in [0.25, 0.3) is 0 Å². The molecule has 1 aromatic rings. The fraction of sp³-hybridized carbons (Fsp3) is 0.600. The zero-order valence-corrected chi connectivity index (χ0v) is 9.27. The van der Waals surface area contributed by atoms with E-state index in [0.717, 1.165) is 10.4 Å². The van der Waals surface area contributed by atoms with Crippen LogP contribution < -0.4 is 0 Å². The van der Waals surface area contributed by atoms with Crippen molar-refractivity contribution >= 4 is 11.3 Å². The molecule has 0 saturated heterocycles. The number of rotatable bonds is 2. The van der Waals surface area contributed by atoms with Gasteiger partial charge >= 0.3 is 0 Å². The molecule has 13 heavy (non-hydrogen) atoms.